The van der Waals surface area contributed by atoms with Crippen LogP contribution in [-0.4, -0.2) is 81.6 Å². The first-order valence-corrected chi connectivity index (χ1v) is 11.6. The Bertz CT molecular complexity index is 1280. The van der Waals surface area contributed by atoms with Crippen LogP contribution in [0, 0.1) is 0 Å². The summed E-state index contributed by atoms with van der Waals surface area (Å²) in [5.41, 5.74) is -1.44. The zero-order chi connectivity index (χ0) is 28.7. The molecule has 12 heteroatoms. The summed E-state index contributed by atoms with van der Waals surface area (Å²) in [6.45, 7) is 0. The van der Waals surface area contributed by atoms with E-state index in [1.165, 1.54) is 49.6 Å². The number of hydrogen-bond acceptors (Lipinski definition) is 12. The maximum absolute atomic E-state index is 12.5. The number of aliphatic hydroxyl groups excluding tert-OH is 1. The maximum Gasteiger partial charge on any atom is 0.338 e. The van der Waals surface area contributed by atoms with Crippen LogP contribution in [-0.2, 0) is 28.6 Å². The van der Waals surface area contributed by atoms with Crippen molar-refractivity contribution in [2.45, 2.75) is 36.8 Å². The molecule has 2 aromatic carbocycles. The minimum absolute atomic E-state index is 0.152. The van der Waals surface area contributed by atoms with Gasteiger partial charge in [0.1, 0.15) is 6.10 Å². The number of carbonyl (C=O) groups excluding carboxylic acids is 3. The van der Waals surface area contributed by atoms with E-state index in [1.807, 2.05) is 0 Å². The van der Waals surface area contributed by atoms with Gasteiger partial charge in [-0.2, -0.15) is 0 Å². The van der Waals surface area contributed by atoms with Crippen molar-refractivity contribution in [1.29, 1.82) is 0 Å². The van der Waals surface area contributed by atoms with Gasteiger partial charge in [-0.3, -0.25) is 0 Å². The Morgan fingerprint density at radius 1 is 0.846 bits per heavy atom. The van der Waals surface area contributed by atoms with E-state index in [0.29, 0.717) is 11.1 Å². The lowest BCUT2D eigenvalue weighted by Crippen LogP contribution is -2.58. The van der Waals surface area contributed by atoms with Crippen LogP contribution in [0.4, 0.5) is 0 Å². The first kappa shape index (κ1) is 29.0. The van der Waals surface area contributed by atoms with Gasteiger partial charge in [0.2, 0.25) is 0 Å². The van der Waals surface area contributed by atoms with Crippen molar-refractivity contribution in [1.82, 2.24) is 0 Å². The number of carbonyl (C=O) groups is 3. The Labute approximate surface area is 222 Å². The summed E-state index contributed by atoms with van der Waals surface area (Å²) in [5.74, 6) is -3.65. The lowest BCUT2D eigenvalue weighted by atomic mass is 9.79. The number of phenols is 3. The smallest absolute Gasteiger partial charge is 0.338 e. The molecule has 4 atom stereocenters. The molecule has 0 amide bonds. The van der Waals surface area contributed by atoms with Gasteiger partial charge in [0.25, 0.3) is 0 Å². The molecule has 12 nitrogen and oxygen atoms in total. The van der Waals surface area contributed by atoms with Crippen LogP contribution < -0.4 is 4.74 Å². The Balaban J connectivity index is 1.77. The largest absolute Gasteiger partial charge is 0.504 e. The Morgan fingerprint density at radius 2 is 1.44 bits per heavy atom. The molecule has 1 aliphatic rings. The highest BCUT2D eigenvalue weighted by molar-refractivity contribution is 5.88. The Hall–Kier alpha value is -4.55. The summed E-state index contributed by atoms with van der Waals surface area (Å²) in [6, 6.07) is 8.22. The van der Waals surface area contributed by atoms with E-state index >= 15 is 0 Å². The third-order valence-corrected chi connectivity index (χ3v) is 5.94. The molecule has 2 aromatic rings. The predicted octanol–water partition coefficient (Wildman–Crippen LogP) is 1.42. The fraction of sp³-hybridized carbons (Fsp3) is 0.296. The molecule has 0 unspecified atom stereocenters. The van der Waals surface area contributed by atoms with E-state index in [4.69, 9.17) is 14.2 Å². The number of aromatic hydroxyl groups is 3. The van der Waals surface area contributed by atoms with E-state index in [1.54, 1.807) is 6.07 Å². The molecule has 208 valence electrons. The third kappa shape index (κ3) is 7.27. The van der Waals surface area contributed by atoms with Gasteiger partial charge < -0.3 is 44.5 Å². The van der Waals surface area contributed by atoms with E-state index < -0.39 is 60.4 Å². The highest BCUT2D eigenvalue weighted by Gasteiger charge is 2.52. The minimum Gasteiger partial charge on any atom is -0.504 e. The van der Waals surface area contributed by atoms with Crippen LogP contribution in [0.1, 0.15) is 24.0 Å². The molecule has 0 saturated heterocycles. The van der Waals surface area contributed by atoms with Crippen LogP contribution in [0.15, 0.2) is 48.6 Å². The molecule has 5 N–H and O–H groups in total. The van der Waals surface area contributed by atoms with Gasteiger partial charge in [-0.05, 0) is 47.5 Å². The van der Waals surface area contributed by atoms with E-state index in [9.17, 15) is 39.9 Å². The normalized spacial score (nSPS) is 22.9. The number of aliphatic hydroxyl groups is 2. The molecule has 1 aliphatic carbocycles. The highest BCUT2D eigenvalue weighted by atomic mass is 16.6. The zero-order valence-corrected chi connectivity index (χ0v) is 21.0. The summed E-state index contributed by atoms with van der Waals surface area (Å²) in [7, 11) is 2.42. The number of ether oxygens (including phenoxy) is 4. The average Bonchev–Trinajstić information content (AvgIpc) is 2.89. The molecular formula is C27H28O12. The Kier molecular flexibility index (Phi) is 9.17. The molecule has 0 bridgehead atoms. The van der Waals surface area contributed by atoms with Gasteiger partial charge in [-0.15, -0.1) is 0 Å². The topological polar surface area (TPSA) is 189 Å². The van der Waals surface area contributed by atoms with Crippen LogP contribution >= 0.6 is 0 Å². The summed E-state index contributed by atoms with van der Waals surface area (Å²) < 4.78 is 20.2. The van der Waals surface area contributed by atoms with E-state index in [2.05, 4.69) is 4.74 Å². The van der Waals surface area contributed by atoms with Crippen molar-refractivity contribution >= 4 is 30.1 Å². The van der Waals surface area contributed by atoms with Crippen molar-refractivity contribution in [3.8, 4) is 23.0 Å². The van der Waals surface area contributed by atoms with Gasteiger partial charge in [0, 0.05) is 25.0 Å². The number of methoxy groups -OCH3 is 2. The SMILES string of the molecule is COC(=O)[C@]1(O)C[C@@H](O)[C@@H](OC(=O)/C=C/c2ccc(OC)c(O)c2)[C@H](OC(=O)/C=C/c2ccc(O)c(O)c2)C1. The van der Waals surface area contributed by atoms with Gasteiger partial charge in [-0.25, -0.2) is 14.4 Å². The van der Waals surface area contributed by atoms with Crippen LogP contribution in [0.25, 0.3) is 12.2 Å². The number of hydrogen-bond donors (Lipinski definition) is 5. The summed E-state index contributed by atoms with van der Waals surface area (Å²) in [4.78, 5) is 37.2. The predicted molar refractivity (Wildman–Crippen MR) is 134 cm³/mol. The lowest BCUT2D eigenvalue weighted by Gasteiger charge is -2.41. The molecule has 0 aliphatic heterocycles. The average molecular weight is 545 g/mol. The molecule has 0 spiro atoms. The molecule has 39 heavy (non-hydrogen) atoms. The lowest BCUT2D eigenvalue weighted by molar-refractivity contribution is -0.206. The highest BCUT2D eigenvalue weighted by Crippen LogP contribution is 2.34. The third-order valence-electron chi connectivity index (χ3n) is 5.94. The monoisotopic (exact) mass is 544 g/mol. The second-order valence-corrected chi connectivity index (χ2v) is 8.72. The van der Waals surface area contributed by atoms with Crippen LogP contribution in [0.2, 0.25) is 0 Å². The summed E-state index contributed by atoms with van der Waals surface area (Å²) in [5, 5.41) is 50.3. The van der Waals surface area contributed by atoms with Crippen molar-refractivity contribution < 1.29 is 58.9 Å². The fourth-order valence-corrected chi connectivity index (χ4v) is 4.01. The van der Waals surface area contributed by atoms with Crippen molar-refractivity contribution in [2.24, 2.45) is 0 Å². The van der Waals surface area contributed by atoms with Crippen molar-refractivity contribution in [3.63, 3.8) is 0 Å². The number of benzene rings is 2. The molecule has 0 heterocycles. The van der Waals surface area contributed by atoms with Crippen LogP contribution in [0.3, 0.4) is 0 Å². The van der Waals surface area contributed by atoms with Gasteiger partial charge >= 0.3 is 17.9 Å². The maximum atomic E-state index is 12.5. The fourth-order valence-electron chi connectivity index (χ4n) is 4.01. The second-order valence-electron chi connectivity index (χ2n) is 8.72. The van der Waals surface area contributed by atoms with Gasteiger partial charge in [0.05, 0.1) is 20.3 Å². The molecular weight excluding hydrogens is 516 g/mol. The van der Waals surface area contributed by atoms with Crippen LogP contribution in [0.5, 0.6) is 23.0 Å². The zero-order valence-electron chi connectivity index (χ0n) is 21.0. The number of phenolic OH excluding ortho intramolecular Hbond substituents is 3. The van der Waals surface area contributed by atoms with E-state index in [0.717, 1.165) is 19.3 Å². The standard InChI is InChI=1S/C27H28O12/c1-36-21-8-4-16(12-19(21)30)6-10-24(33)39-25-20(31)13-27(35,26(34)37-2)14-22(25)38-23(32)9-5-15-3-7-17(28)18(29)11-15/h3-12,20,22,25,28-31,35H,13-14H2,1-2H3/b9-5+,10-6+/t20-,22-,25-,27+/m1/s1. The number of rotatable bonds is 8. The van der Waals surface area contributed by atoms with Gasteiger partial charge in [0.15, 0.2) is 34.7 Å². The quantitative estimate of drug-likeness (QED) is 0.139. The number of esters is 3. The molecule has 0 aromatic heterocycles. The first-order valence-electron chi connectivity index (χ1n) is 11.6. The molecule has 1 saturated carbocycles. The molecule has 3 rings (SSSR count). The van der Waals surface area contributed by atoms with Crippen molar-refractivity contribution in [3.05, 3.63) is 59.7 Å². The second kappa shape index (κ2) is 12.3. The Morgan fingerprint density at radius 3 is 2.00 bits per heavy atom. The minimum atomic E-state index is -2.22. The molecule has 1 fully saturated rings. The molecule has 0 radical (unpaired) electrons. The first-order chi connectivity index (χ1) is 18.4. The summed E-state index contributed by atoms with van der Waals surface area (Å²) in [6.07, 6.45) is -1.02. The van der Waals surface area contributed by atoms with Crippen molar-refractivity contribution in [2.75, 3.05) is 14.2 Å². The van der Waals surface area contributed by atoms with Gasteiger partial charge in [-0.1, -0.05) is 12.1 Å². The van der Waals surface area contributed by atoms with E-state index in [-0.39, 0.29) is 17.2 Å². The summed E-state index contributed by atoms with van der Waals surface area (Å²) >= 11 is 0.